The number of benzene rings is 2. The van der Waals surface area contributed by atoms with E-state index < -0.39 is 0 Å². The maximum atomic E-state index is 12.6. The number of nitrogens with one attached hydrogen (secondary N) is 1. The van der Waals surface area contributed by atoms with Gasteiger partial charge in [0.2, 0.25) is 0 Å². The first kappa shape index (κ1) is 19.4. The Balaban J connectivity index is 1.34. The molecule has 1 N–H and O–H groups in total. The molecule has 7 heteroatoms. The summed E-state index contributed by atoms with van der Waals surface area (Å²) in [6, 6.07) is 17.4. The van der Waals surface area contributed by atoms with Crippen molar-refractivity contribution in [3.8, 4) is 5.75 Å². The van der Waals surface area contributed by atoms with Gasteiger partial charge in [-0.25, -0.2) is 4.68 Å². The molecule has 2 aromatic heterocycles. The van der Waals surface area contributed by atoms with Crippen LogP contribution in [-0.2, 0) is 19.7 Å². The number of aromatic nitrogens is 4. The maximum Gasteiger partial charge on any atom is 0.255 e. The number of hydrogen-bond acceptors (Lipinski definition) is 4. The summed E-state index contributed by atoms with van der Waals surface area (Å²) in [6.07, 6.45) is 7.97. The average Bonchev–Trinajstić information content (AvgIpc) is 3.45. The summed E-state index contributed by atoms with van der Waals surface area (Å²) in [5.41, 5.74) is 3.46. The van der Waals surface area contributed by atoms with Crippen LogP contribution in [-0.4, -0.2) is 25.5 Å². The van der Waals surface area contributed by atoms with Gasteiger partial charge in [0, 0.05) is 18.0 Å². The van der Waals surface area contributed by atoms with Crippen molar-refractivity contribution in [2.24, 2.45) is 0 Å². The van der Waals surface area contributed by atoms with Gasteiger partial charge in [0.25, 0.3) is 5.91 Å². The van der Waals surface area contributed by atoms with Crippen LogP contribution < -0.4 is 10.1 Å². The molecule has 30 heavy (non-hydrogen) atoms. The predicted octanol–water partition coefficient (Wildman–Crippen LogP) is 3.98. The molecule has 2 heterocycles. The number of carbonyl (C=O) groups is 1. The first-order valence-corrected chi connectivity index (χ1v) is 9.81. The Kier molecular flexibility index (Phi) is 5.89. The Hall–Kier alpha value is -3.87. The van der Waals surface area contributed by atoms with E-state index in [1.807, 2.05) is 59.4 Å². The number of amides is 1. The van der Waals surface area contributed by atoms with E-state index in [1.165, 1.54) is 5.56 Å². The molecule has 0 unspecified atom stereocenters. The summed E-state index contributed by atoms with van der Waals surface area (Å²) in [7, 11) is 0. The first-order valence-electron chi connectivity index (χ1n) is 9.81. The summed E-state index contributed by atoms with van der Waals surface area (Å²) in [5.74, 6) is 0.593. The molecular weight excluding hydrogens is 378 g/mol. The lowest BCUT2D eigenvalue weighted by molar-refractivity contribution is 0.102. The molecule has 152 valence electrons. The van der Waals surface area contributed by atoms with Crippen molar-refractivity contribution in [1.82, 2.24) is 19.6 Å². The van der Waals surface area contributed by atoms with E-state index in [0.29, 0.717) is 17.8 Å². The zero-order valence-corrected chi connectivity index (χ0v) is 16.7. The Morgan fingerprint density at radius 1 is 1.03 bits per heavy atom. The van der Waals surface area contributed by atoms with Gasteiger partial charge in [-0.3, -0.25) is 9.48 Å². The lowest BCUT2D eigenvalue weighted by Gasteiger charge is -2.07. The van der Waals surface area contributed by atoms with Crippen LogP contribution in [0.25, 0.3) is 0 Å². The first-order chi connectivity index (χ1) is 14.7. The Morgan fingerprint density at radius 3 is 2.67 bits per heavy atom. The normalized spacial score (nSPS) is 10.7. The van der Waals surface area contributed by atoms with Crippen LogP contribution in [0.2, 0.25) is 0 Å². The van der Waals surface area contributed by atoms with E-state index >= 15 is 0 Å². The van der Waals surface area contributed by atoms with Crippen molar-refractivity contribution in [1.29, 1.82) is 0 Å². The summed E-state index contributed by atoms with van der Waals surface area (Å²) in [4.78, 5) is 12.6. The molecule has 1 amide bonds. The topological polar surface area (TPSA) is 74.0 Å². The number of rotatable bonds is 8. The van der Waals surface area contributed by atoms with Gasteiger partial charge in [0.1, 0.15) is 5.75 Å². The molecule has 0 atom stereocenters. The molecule has 0 radical (unpaired) electrons. The van der Waals surface area contributed by atoms with Crippen LogP contribution in [0, 0.1) is 0 Å². The van der Waals surface area contributed by atoms with Crippen LogP contribution in [0.3, 0.4) is 0 Å². The summed E-state index contributed by atoms with van der Waals surface area (Å²) < 4.78 is 9.19. The Bertz CT molecular complexity index is 1100. The molecule has 4 rings (SSSR count). The lowest BCUT2D eigenvalue weighted by atomic mass is 10.1. The molecule has 0 aliphatic heterocycles. The summed E-state index contributed by atoms with van der Waals surface area (Å²) in [6.45, 7) is 2.99. The van der Waals surface area contributed by atoms with E-state index in [4.69, 9.17) is 4.74 Å². The van der Waals surface area contributed by atoms with Gasteiger partial charge < -0.3 is 10.1 Å². The van der Waals surface area contributed by atoms with E-state index in [9.17, 15) is 4.79 Å². The Morgan fingerprint density at radius 2 is 1.90 bits per heavy atom. The van der Waals surface area contributed by atoms with E-state index in [-0.39, 0.29) is 12.6 Å². The molecule has 0 spiro atoms. The minimum absolute atomic E-state index is 0.187. The second-order valence-corrected chi connectivity index (χ2v) is 6.90. The van der Waals surface area contributed by atoms with E-state index in [2.05, 4.69) is 22.4 Å². The van der Waals surface area contributed by atoms with Crippen molar-refractivity contribution in [2.75, 3.05) is 5.32 Å². The van der Waals surface area contributed by atoms with Gasteiger partial charge in [0.15, 0.2) is 6.73 Å². The zero-order valence-electron chi connectivity index (χ0n) is 16.7. The highest BCUT2D eigenvalue weighted by molar-refractivity contribution is 6.04. The molecule has 4 aromatic rings. The van der Waals surface area contributed by atoms with Crippen molar-refractivity contribution in [3.05, 3.63) is 96.1 Å². The van der Waals surface area contributed by atoms with Gasteiger partial charge in [-0.15, -0.1) is 0 Å². The predicted molar refractivity (Wildman–Crippen MR) is 114 cm³/mol. The van der Waals surface area contributed by atoms with E-state index in [0.717, 1.165) is 17.7 Å². The minimum atomic E-state index is -0.187. The maximum absolute atomic E-state index is 12.6. The third kappa shape index (κ3) is 4.94. The minimum Gasteiger partial charge on any atom is -0.471 e. The molecule has 2 aromatic carbocycles. The van der Waals surface area contributed by atoms with Crippen molar-refractivity contribution in [3.63, 3.8) is 0 Å². The van der Waals surface area contributed by atoms with Gasteiger partial charge in [-0.05, 0) is 47.9 Å². The monoisotopic (exact) mass is 401 g/mol. The van der Waals surface area contributed by atoms with Gasteiger partial charge in [-0.1, -0.05) is 31.2 Å². The van der Waals surface area contributed by atoms with Crippen molar-refractivity contribution in [2.45, 2.75) is 26.6 Å². The van der Waals surface area contributed by atoms with Crippen LogP contribution in [0.1, 0.15) is 28.4 Å². The summed E-state index contributed by atoms with van der Waals surface area (Å²) in [5, 5.41) is 11.3. The smallest absolute Gasteiger partial charge is 0.255 e. The second kappa shape index (κ2) is 9.09. The molecule has 7 nitrogen and oxygen atoms in total. The fraction of sp³-hybridized carbons (Fsp3) is 0.174. The molecular formula is C23H23N5O2. The molecule has 0 bridgehead atoms. The molecule has 0 fully saturated rings. The van der Waals surface area contributed by atoms with E-state index in [1.54, 1.807) is 29.3 Å². The van der Waals surface area contributed by atoms with Crippen molar-refractivity contribution >= 4 is 11.6 Å². The highest BCUT2D eigenvalue weighted by atomic mass is 16.5. The fourth-order valence-corrected chi connectivity index (χ4v) is 3.06. The number of ether oxygens (including phenoxy) is 1. The zero-order chi connectivity index (χ0) is 20.8. The molecule has 0 saturated carbocycles. The number of hydrogen-bond donors (Lipinski definition) is 1. The largest absolute Gasteiger partial charge is 0.471 e. The number of aryl methyl sites for hydroxylation is 1. The van der Waals surface area contributed by atoms with Crippen LogP contribution in [0.15, 0.2) is 79.4 Å². The lowest BCUT2D eigenvalue weighted by Crippen LogP contribution is -2.12. The molecule has 0 saturated heterocycles. The number of nitrogens with zero attached hydrogens (tertiary/aromatic N) is 4. The van der Waals surface area contributed by atoms with Crippen LogP contribution in [0.5, 0.6) is 5.75 Å². The van der Waals surface area contributed by atoms with Gasteiger partial charge in [0.05, 0.1) is 24.6 Å². The third-order valence-electron chi connectivity index (χ3n) is 4.68. The highest BCUT2D eigenvalue weighted by Crippen LogP contribution is 2.14. The second-order valence-electron chi connectivity index (χ2n) is 6.90. The fourth-order valence-electron chi connectivity index (χ4n) is 3.06. The van der Waals surface area contributed by atoms with Gasteiger partial charge in [-0.2, -0.15) is 10.2 Å². The van der Waals surface area contributed by atoms with Crippen molar-refractivity contribution < 1.29 is 9.53 Å². The van der Waals surface area contributed by atoms with Crippen LogP contribution >= 0.6 is 0 Å². The highest BCUT2D eigenvalue weighted by Gasteiger charge is 2.09. The third-order valence-corrected chi connectivity index (χ3v) is 4.68. The Labute approximate surface area is 174 Å². The van der Waals surface area contributed by atoms with Gasteiger partial charge >= 0.3 is 0 Å². The summed E-state index contributed by atoms with van der Waals surface area (Å²) >= 11 is 0. The van der Waals surface area contributed by atoms with Crippen LogP contribution in [0.4, 0.5) is 5.69 Å². The molecule has 0 aliphatic rings. The molecule has 0 aliphatic carbocycles. The number of carbonyl (C=O) groups excluding carboxylic acids is 1. The number of anilines is 1. The SMILES string of the molecule is CCc1ccc(OCn2cc(NC(=O)c3cccc(Cn4cccn4)c3)cn2)cc1. The average molecular weight is 401 g/mol. The quantitative estimate of drug-likeness (QED) is 0.485. The standard InChI is InChI=1S/C23H23N5O2/c1-2-18-7-9-22(10-8-18)30-17-28-16-21(14-25-28)26-23(29)20-6-3-5-19(13-20)15-27-12-4-11-24-27/h3-14,16H,2,15,17H2,1H3,(H,26,29).